The molecule has 0 fully saturated rings. The molecule has 1 aromatic heterocycles. The van der Waals surface area contributed by atoms with Crippen molar-refractivity contribution in [3.8, 4) is 0 Å². The van der Waals surface area contributed by atoms with Crippen molar-refractivity contribution in [2.75, 3.05) is 0 Å². The Bertz CT molecular complexity index is 569. The third kappa shape index (κ3) is 1.84. The van der Waals surface area contributed by atoms with Crippen molar-refractivity contribution in [3.63, 3.8) is 0 Å². The van der Waals surface area contributed by atoms with Crippen LogP contribution in [0.25, 0.3) is 10.1 Å². The quantitative estimate of drug-likeness (QED) is 0.831. The third-order valence-corrected chi connectivity index (χ3v) is 3.66. The van der Waals surface area contributed by atoms with E-state index >= 15 is 0 Å². The van der Waals surface area contributed by atoms with Crippen LogP contribution in [0.3, 0.4) is 0 Å². The zero-order valence-corrected chi connectivity index (χ0v) is 9.50. The lowest BCUT2D eigenvalue weighted by molar-refractivity contribution is -0.136. The molecule has 2 aromatic rings. The predicted molar refractivity (Wildman–Crippen MR) is 63.2 cm³/mol. The van der Waals surface area contributed by atoms with E-state index in [9.17, 15) is 9.59 Å². The lowest BCUT2D eigenvalue weighted by atomic mass is 10.1. The Morgan fingerprint density at radius 2 is 2.00 bits per heavy atom. The molecule has 1 N–H and O–H groups in total. The molecule has 16 heavy (non-hydrogen) atoms. The molecule has 0 atom stereocenters. The van der Waals surface area contributed by atoms with E-state index in [1.165, 1.54) is 18.3 Å². The summed E-state index contributed by atoms with van der Waals surface area (Å²) in [7, 11) is 0. The summed E-state index contributed by atoms with van der Waals surface area (Å²) in [4.78, 5) is 22.8. The number of hydrogen-bond donors (Lipinski definition) is 1. The second kappa shape index (κ2) is 4.06. The number of hydrogen-bond acceptors (Lipinski definition) is 3. The largest absolute Gasteiger partial charge is 0.481 e. The highest BCUT2D eigenvalue weighted by atomic mass is 32.1. The Kier molecular flexibility index (Phi) is 2.75. The van der Waals surface area contributed by atoms with Gasteiger partial charge in [-0.25, -0.2) is 0 Å². The zero-order chi connectivity index (χ0) is 11.7. The van der Waals surface area contributed by atoms with E-state index in [-0.39, 0.29) is 12.2 Å². The fourth-order valence-electron chi connectivity index (χ4n) is 1.71. The normalized spacial score (nSPS) is 10.6. The molecule has 0 aliphatic carbocycles. The number of carboxylic acids is 1. The summed E-state index contributed by atoms with van der Waals surface area (Å²) in [6.45, 7) is 1.47. The van der Waals surface area contributed by atoms with Crippen LogP contribution >= 0.6 is 11.3 Å². The van der Waals surface area contributed by atoms with Crippen molar-refractivity contribution in [2.24, 2.45) is 0 Å². The fourth-order valence-corrected chi connectivity index (χ4v) is 2.83. The summed E-state index contributed by atoms with van der Waals surface area (Å²) in [5.74, 6) is -0.983. The van der Waals surface area contributed by atoms with Gasteiger partial charge in [0.25, 0.3) is 0 Å². The molecule has 0 aliphatic rings. The van der Waals surface area contributed by atoms with E-state index in [4.69, 9.17) is 5.11 Å². The van der Waals surface area contributed by atoms with Crippen LogP contribution in [0.4, 0.5) is 0 Å². The number of rotatable bonds is 3. The topological polar surface area (TPSA) is 54.4 Å². The van der Waals surface area contributed by atoms with Gasteiger partial charge in [-0.3, -0.25) is 9.59 Å². The molecule has 0 amide bonds. The number of carbonyl (C=O) groups excluding carboxylic acids is 1. The lowest BCUT2D eigenvalue weighted by Gasteiger charge is -1.97. The molecule has 1 heterocycles. The number of aliphatic carboxylic acids is 1. The Balaban J connectivity index is 2.69. The van der Waals surface area contributed by atoms with Crippen molar-refractivity contribution in [3.05, 3.63) is 34.7 Å². The van der Waals surface area contributed by atoms with Gasteiger partial charge in [-0.1, -0.05) is 18.2 Å². The first-order chi connectivity index (χ1) is 7.59. The molecule has 82 valence electrons. The van der Waals surface area contributed by atoms with Gasteiger partial charge in [0.2, 0.25) is 0 Å². The Morgan fingerprint density at radius 1 is 1.31 bits per heavy atom. The van der Waals surface area contributed by atoms with Crippen LogP contribution in [0.15, 0.2) is 24.3 Å². The minimum absolute atomic E-state index is 0.0718. The van der Waals surface area contributed by atoms with Crippen LogP contribution < -0.4 is 0 Å². The van der Waals surface area contributed by atoms with Gasteiger partial charge in [-0.2, -0.15) is 0 Å². The number of carboxylic acid groups (broad SMARTS) is 1. The van der Waals surface area contributed by atoms with E-state index < -0.39 is 5.97 Å². The Morgan fingerprint density at radius 3 is 2.62 bits per heavy atom. The van der Waals surface area contributed by atoms with Gasteiger partial charge in [-0.15, -0.1) is 11.3 Å². The van der Waals surface area contributed by atoms with Crippen molar-refractivity contribution < 1.29 is 14.7 Å². The van der Waals surface area contributed by atoms with Gasteiger partial charge in [0.15, 0.2) is 5.78 Å². The van der Waals surface area contributed by atoms with Crippen LogP contribution in [0, 0.1) is 0 Å². The monoisotopic (exact) mass is 234 g/mol. The predicted octanol–water partition coefficient (Wildman–Crippen LogP) is 2.73. The number of benzene rings is 1. The van der Waals surface area contributed by atoms with E-state index in [1.54, 1.807) is 0 Å². The van der Waals surface area contributed by atoms with Gasteiger partial charge in [0.1, 0.15) is 0 Å². The maximum Gasteiger partial charge on any atom is 0.307 e. The molecule has 0 aliphatic heterocycles. The highest BCUT2D eigenvalue weighted by Gasteiger charge is 2.17. The summed E-state index contributed by atoms with van der Waals surface area (Å²) >= 11 is 1.36. The number of carbonyl (C=O) groups is 2. The van der Waals surface area contributed by atoms with Crippen LogP contribution in [0.1, 0.15) is 22.2 Å². The number of fused-ring (bicyclic) bond motifs is 1. The summed E-state index contributed by atoms with van der Waals surface area (Å²) in [5.41, 5.74) is 0.639. The first-order valence-electron chi connectivity index (χ1n) is 4.82. The molecule has 0 radical (unpaired) electrons. The standard InChI is InChI=1S/C12H10O3S/c1-7(13)12-9(6-11(14)15)8-4-2-3-5-10(8)16-12/h2-5H,6H2,1H3,(H,14,15). The lowest BCUT2D eigenvalue weighted by Crippen LogP contribution is -2.03. The van der Waals surface area contributed by atoms with Crippen molar-refractivity contribution in [1.82, 2.24) is 0 Å². The van der Waals surface area contributed by atoms with E-state index in [0.717, 1.165) is 10.1 Å². The van der Waals surface area contributed by atoms with Gasteiger partial charge < -0.3 is 5.11 Å². The summed E-state index contributed by atoms with van der Waals surface area (Å²) in [6, 6.07) is 7.49. The molecule has 0 saturated heterocycles. The molecule has 0 bridgehead atoms. The minimum atomic E-state index is -0.911. The van der Waals surface area contributed by atoms with E-state index in [0.29, 0.717) is 10.4 Å². The average Bonchev–Trinajstić information content (AvgIpc) is 2.57. The Labute approximate surface area is 96.3 Å². The van der Waals surface area contributed by atoms with Crippen LogP contribution in [-0.2, 0) is 11.2 Å². The van der Waals surface area contributed by atoms with Gasteiger partial charge >= 0.3 is 5.97 Å². The van der Waals surface area contributed by atoms with Gasteiger partial charge in [0.05, 0.1) is 11.3 Å². The molecular formula is C12H10O3S. The van der Waals surface area contributed by atoms with Crippen molar-refractivity contribution in [2.45, 2.75) is 13.3 Å². The summed E-state index contributed by atoms with van der Waals surface area (Å²) in [5, 5.41) is 9.72. The molecule has 3 nitrogen and oxygen atoms in total. The maximum absolute atomic E-state index is 11.4. The fraction of sp³-hybridized carbons (Fsp3) is 0.167. The minimum Gasteiger partial charge on any atom is -0.481 e. The SMILES string of the molecule is CC(=O)c1sc2ccccc2c1CC(=O)O. The highest BCUT2D eigenvalue weighted by molar-refractivity contribution is 7.21. The molecular weight excluding hydrogens is 224 g/mol. The third-order valence-electron chi connectivity index (χ3n) is 2.35. The van der Waals surface area contributed by atoms with Gasteiger partial charge in [-0.05, 0) is 23.9 Å². The maximum atomic E-state index is 11.4. The second-order valence-corrected chi connectivity index (χ2v) is 4.58. The molecule has 4 heteroatoms. The molecule has 0 unspecified atom stereocenters. The van der Waals surface area contributed by atoms with Crippen molar-refractivity contribution in [1.29, 1.82) is 0 Å². The molecule has 0 spiro atoms. The molecule has 1 aromatic carbocycles. The van der Waals surface area contributed by atoms with Crippen LogP contribution in [-0.4, -0.2) is 16.9 Å². The average molecular weight is 234 g/mol. The van der Waals surface area contributed by atoms with E-state index in [2.05, 4.69) is 0 Å². The van der Waals surface area contributed by atoms with Crippen molar-refractivity contribution >= 4 is 33.2 Å². The molecule has 0 saturated carbocycles. The van der Waals surface area contributed by atoms with Crippen LogP contribution in [0.2, 0.25) is 0 Å². The number of Topliss-reactive ketones (excluding diaryl/α,β-unsaturated/α-hetero) is 1. The van der Waals surface area contributed by atoms with Gasteiger partial charge in [0, 0.05) is 4.70 Å². The smallest absolute Gasteiger partial charge is 0.307 e. The Hall–Kier alpha value is -1.68. The zero-order valence-electron chi connectivity index (χ0n) is 8.69. The number of thiophene rings is 1. The summed E-state index contributed by atoms with van der Waals surface area (Å²) < 4.78 is 0.962. The number of ketones is 1. The molecule has 2 rings (SSSR count). The van der Waals surface area contributed by atoms with E-state index in [1.807, 2.05) is 24.3 Å². The first kappa shape index (κ1) is 10.8. The summed E-state index contributed by atoms with van der Waals surface area (Å²) in [6.07, 6.45) is -0.0983. The first-order valence-corrected chi connectivity index (χ1v) is 5.64. The second-order valence-electron chi connectivity index (χ2n) is 3.53. The van der Waals surface area contributed by atoms with Crippen LogP contribution in [0.5, 0.6) is 0 Å². The highest BCUT2D eigenvalue weighted by Crippen LogP contribution is 2.31.